The number of rotatable bonds is 6. The molecule has 1 nitrogen and oxygen atoms in total. The van der Waals surface area contributed by atoms with Gasteiger partial charge in [-0.25, -0.2) is 0 Å². The van der Waals surface area contributed by atoms with Gasteiger partial charge in [-0.05, 0) is 38.5 Å². The summed E-state index contributed by atoms with van der Waals surface area (Å²) in [6.07, 6.45) is 4.77. The van der Waals surface area contributed by atoms with Crippen molar-refractivity contribution in [2.45, 2.75) is 65.9 Å². The molecule has 0 aromatic rings. The van der Waals surface area contributed by atoms with Crippen LogP contribution in [0.1, 0.15) is 60.3 Å². The van der Waals surface area contributed by atoms with E-state index in [0.29, 0.717) is 11.8 Å². The van der Waals surface area contributed by atoms with Gasteiger partial charge in [-0.3, -0.25) is 0 Å². The lowest BCUT2D eigenvalue weighted by Gasteiger charge is -2.30. The van der Waals surface area contributed by atoms with Crippen LogP contribution in [0, 0.1) is 11.8 Å². The van der Waals surface area contributed by atoms with E-state index in [-0.39, 0.29) is 0 Å². The van der Waals surface area contributed by atoms with Crippen molar-refractivity contribution in [3.8, 4) is 0 Å². The first kappa shape index (κ1) is 13.0. The molecular formula is C12H26O. The zero-order valence-corrected chi connectivity index (χ0v) is 9.93. The van der Waals surface area contributed by atoms with Crippen LogP contribution in [-0.4, -0.2) is 10.7 Å². The van der Waals surface area contributed by atoms with Crippen LogP contribution < -0.4 is 0 Å². The molecule has 80 valence electrons. The van der Waals surface area contributed by atoms with Gasteiger partial charge >= 0.3 is 0 Å². The summed E-state index contributed by atoms with van der Waals surface area (Å²) in [5.74, 6) is 1.15. The van der Waals surface area contributed by atoms with E-state index in [9.17, 15) is 5.11 Å². The largest absolute Gasteiger partial charge is 0.390 e. The summed E-state index contributed by atoms with van der Waals surface area (Å²) in [7, 11) is 0. The molecule has 0 aromatic carbocycles. The molecule has 0 amide bonds. The molecule has 0 saturated carbocycles. The van der Waals surface area contributed by atoms with Crippen LogP contribution in [0.3, 0.4) is 0 Å². The molecule has 1 atom stereocenters. The van der Waals surface area contributed by atoms with Crippen LogP contribution in [0.4, 0.5) is 0 Å². The zero-order chi connectivity index (χ0) is 10.5. The molecule has 0 fully saturated rings. The second kappa shape index (κ2) is 5.64. The van der Waals surface area contributed by atoms with E-state index >= 15 is 0 Å². The summed E-state index contributed by atoms with van der Waals surface area (Å²) in [5, 5.41) is 9.95. The predicted molar refractivity (Wildman–Crippen MR) is 58.8 cm³/mol. The van der Waals surface area contributed by atoms with Crippen LogP contribution in [0.2, 0.25) is 0 Å². The first-order chi connectivity index (χ1) is 5.88. The third-order valence-corrected chi connectivity index (χ3v) is 2.66. The average molecular weight is 186 g/mol. The Bertz CT molecular complexity index is 122. The van der Waals surface area contributed by atoms with Crippen molar-refractivity contribution in [2.24, 2.45) is 11.8 Å². The van der Waals surface area contributed by atoms with Gasteiger partial charge in [-0.2, -0.15) is 0 Å². The number of unbranched alkanes of at least 4 members (excludes halogenated alkanes) is 1. The maximum absolute atomic E-state index is 9.95. The molecule has 0 aliphatic rings. The van der Waals surface area contributed by atoms with E-state index in [1.54, 1.807) is 0 Å². The van der Waals surface area contributed by atoms with Crippen molar-refractivity contribution < 1.29 is 5.11 Å². The molecule has 1 heteroatoms. The molecule has 0 heterocycles. The molecule has 1 unspecified atom stereocenters. The smallest absolute Gasteiger partial charge is 0.0619 e. The normalized spacial score (nSPS) is 15.0. The Balaban J connectivity index is 4.03. The van der Waals surface area contributed by atoms with E-state index < -0.39 is 5.60 Å². The third-order valence-electron chi connectivity index (χ3n) is 2.66. The first-order valence-corrected chi connectivity index (χ1v) is 5.60. The van der Waals surface area contributed by atoms with Crippen LogP contribution >= 0.6 is 0 Å². The molecule has 0 aliphatic carbocycles. The minimum absolute atomic E-state index is 0.465. The molecule has 0 radical (unpaired) electrons. The Kier molecular flexibility index (Phi) is 5.62. The molecule has 1 N–H and O–H groups in total. The maximum Gasteiger partial charge on any atom is 0.0619 e. The zero-order valence-electron chi connectivity index (χ0n) is 9.93. The lowest BCUT2D eigenvalue weighted by Crippen LogP contribution is -2.31. The van der Waals surface area contributed by atoms with Gasteiger partial charge in [-0.15, -0.1) is 0 Å². The van der Waals surface area contributed by atoms with Crippen LogP contribution in [0.5, 0.6) is 0 Å². The van der Waals surface area contributed by atoms with Crippen molar-refractivity contribution in [3.05, 3.63) is 0 Å². The molecule has 0 rings (SSSR count). The summed E-state index contributed by atoms with van der Waals surface area (Å²) in [6.45, 7) is 10.5. The van der Waals surface area contributed by atoms with Gasteiger partial charge in [0.2, 0.25) is 0 Å². The summed E-state index contributed by atoms with van der Waals surface area (Å²) in [4.78, 5) is 0. The average Bonchev–Trinajstić information content (AvgIpc) is 1.95. The standard InChI is InChI=1S/C12H26O/c1-6-7-8-11(9-10(2)3)12(4,5)13/h10-11,13H,6-9H2,1-5H3. The second-order valence-electron chi connectivity index (χ2n) is 5.12. The highest BCUT2D eigenvalue weighted by Gasteiger charge is 2.26. The van der Waals surface area contributed by atoms with E-state index in [0.717, 1.165) is 12.8 Å². The Labute approximate surface area is 83.5 Å². The summed E-state index contributed by atoms with van der Waals surface area (Å²) < 4.78 is 0. The van der Waals surface area contributed by atoms with Crippen LogP contribution in [-0.2, 0) is 0 Å². The fourth-order valence-corrected chi connectivity index (χ4v) is 1.78. The monoisotopic (exact) mass is 186 g/mol. The Morgan fingerprint density at radius 1 is 1.23 bits per heavy atom. The quantitative estimate of drug-likeness (QED) is 0.672. The van der Waals surface area contributed by atoms with Gasteiger partial charge in [0, 0.05) is 0 Å². The van der Waals surface area contributed by atoms with Gasteiger partial charge in [0.05, 0.1) is 5.60 Å². The van der Waals surface area contributed by atoms with Crippen molar-refractivity contribution in [1.82, 2.24) is 0 Å². The van der Waals surface area contributed by atoms with Gasteiger partial charge in [0.15, 0.2) is 0 Å². The van der Waals surface area contributed by atoms with Crippen LogP contribution in [0.25, 0.3) is 0 Å². The summed E-state index contributed by atoms with van der Waals surface area (Å²) in [6, 6.07) is 0. The maximum atomic E-state index is 9.95. The van der Waals surface area contributed by atoms with Crippen molar-refractivity contribution in [1.29, 1.82) is 0 Å². The number of hydrogen-bond acceptors (Lipinski definition) is 1. The first-order valence-electron chi connectivity index (χ1n) is 5.60. The van der Waals surface area contributed by atoms with Gasteiger partial charge in [0.25, 0.3) is 0 Å². The van der Waals surface area contributed by atoms with Gasteiger partial charge in [-0.1, -0.05) is 33.6 Å². The number of aliphatic hydroxyl groups is 1. The fraction of sp³-hybridized carbons (Fsp3) is 1.00. The topological polar surface area (TPSA) is 20.2 Å². The molecule has 0 aliphatic heterocycles. The fourth-order valence-electron chi connectivity index (χ4n) is 1.78. The molecular weight excluding hydrogens is 160 g/mol. The highest BCUT2D eigenvalue weighted by atomic mass is 16.3. The summed E-state index contributed by atoms with van der Waals surface area (Å²) in [5.41, 5.74) is -0.501. The molecule has 0 bridgehead atoms. The Morgan fingerprint density at radius 2 is 1.77 bits per heavy atom. The van der Waals surface area contributed by atoms with E-state index in [2.05, 4.69) is 20.8 Å². The van der Waals surface area contributed by atoms with Gasteiger partial charge < -0.3 is 5.11 Å². The highest BCUT2D eigenvalue weighted by Crippen LogP contribution is 2.28. The lowest BCUT2D eigenvalue weighted by molar-refractivity contribution is 0.00319. The van der Waals surface area contributed by atoms with Crippen LogP contribution in [0.15, 0.2) is 0 Å². The SMILES string of the molecule is CCCCC(CC(C)C)C(C)(C)O. The molecule has 13 heavy (non-hydrogen) atoms. The highest BCUT2D eigenvalue weighted by molar-refractivity contribution is 4.78. The van der Waals surface area contributed by atoms with Crippen molar-refractivity contribution in [3.63, 3.8) is 0 Å². The summed E-state index contributed by atoms with van der Waals surface area (Å²) >= 11 is 0. The predicted octanol–water partition coefficient (Wildman–Crippen LogP) is 3.61. The van der Waals surface area contributed by atoms with E-state index in [4.69, 9.17) is 0 Å². The van der Waals surface area contributed by atoms with E-state index in [1.807, 2.05) is 13.8 Å². The number of hydrogen-bond donors (Lipinski definition) is 1. The Hall–Kier alpha value is -0.0400. The van der Waals surface area contributed by atoms with Crippen molar-refractivity contribution >= 4 is 0 Å². The molecule has 0 spiro atoms. The third kappa shape index (κ3) is 6.09. The lowest BCUT2D eigenvalue weighted by atomic mass is 9.81. The molecule has 0 aromatic heterocycles. The van der Waals surface area contributed by atoms with E-state index in [1.165, 1.54) is 12.8 Å². The van der Waals surface area contributed by atoms with Crippen molar-refractivity contribution in [2.75, 3.05) is 0 Å². The minimum Gasteiger partial charge on any atom is -0.390 e. The molecule has 0 saturated heterocycles. The van der Waals surface area contributed by atoms with Gasteiger partial charge in [0.1, 0.15) is 0 Å². The second-order valence-corrected chi connectivity index (χ2v) is 5.12. The minimum atomic E-state index is -0.501. The Morgan fingerprint density at radius 3 is 2.08 bits per heavy atom.